The lowest BCUT2D eigenvalue weighted by atomic mass is 10.0. The van der Waals surface area contributed by atoms with Gasteiger partial charge in [0.05, 0.1) is 22.1 Å². The number of nitroso groups, excluding NO2 is 1. The molecule has 11 heteroatoms. The first-order chi connectivity index (χ1) is 16.0. The van der Waals surface area contributed by atoms with Crippen LogP contribution < -0.4 is 11.2 Å². The first-order valence-corrected chi connectivity index (χ1v) is 11.5. The number of rotatable bonds is 4. The third-order valence-corrected chi connectivity index (χ3v) is 6.77. The summed E-state index contributed by atoms with van der Waals surface area (Å²) < 4.78 is 1.58. The maximum atomic E-state index is 13.0. The number of piperidine rings is 1. The minimum atomic E-state index is -0.937. The van der Waals surface area contributed by atoms with E-state index in [1.165, 1.54) is 13.1 Å². The summed E-state index contributed by atoms with van der Waals surface area (Å²) in [5, 5.41) is 7.04. The molecule has 33 heavy (non-hydrogen) atoms. The Balaban J connectivity index is 1.64. The van der Waals surface area contributed by atoms with Crippen LogP contribution in [0.15, 0.2) is 49.9 Å². The molecule has 168 valence electrons. The normalized spacial score (nSPS) is 15.7. The van der Waals surface area contributed by atoms with Crippen molar-refractivity contribution >= 4 is 39.2 Å². The molecule has 10 nitrogen and oxygen atoms in total. The highest BCUT2D eigenvalue weighted by molar-refractivity contribution is 7.08. The zero-order valence-electron chi connectivity index (χ0n) is 17.7. The van der Waals surface area contributed by atoms with Gasteiger partial charge in [0.25, 0.3) is 11.5 Å². The van der Waals surface area contributed by atoms with Crippen LogP contribution in [0.3, 0.4) is 0 Å². The number of carbonyl (C=O) groups is 1. The number of nitrogens with one attached hydrogen (secondary N) is 1. The summed E-state index contributed by atoms with van der Waals surface area (Å²) in [4.78, 5) is 61.8. The molecule has 1 N–H and O–H groups in total. The monoisotopic (exact) mass is 464 g/mol. The van der Waals surface area contributed by atoms with E-state index in [1.54, 1.807) is 20.8 Å². The Bertz CT molecular complexity index is 1480. The van der Waals surface area contributed by atoms with E-state index in [4.69, 9.17) is 4.98 Å². The van der Waals surface area contributed by atoms with Crippen LogP contribution in [0.5, 0.6) is 0 Å². The summed E-state index contributed by atoms with van der Waals surface area (Å²) in [5.41, 5.74) is 2.15. The molecule has 0 radical (unpaired) electrons. The Labute approximate surface area is 190 Å². The molecule has 0 aromatic carbocycles. The minimum Gasteiger partial charge on any atom is -0.341 e. The predicted octanol–water partition coefficient (Wildman–Crippen LogP) is 2.68. The quantitative estimate of drug-likeness (QED) is 0.365. The summed E-state index contributed by atoms with van der Waals surface area (Å²) in [7, 11) is 0. The molecule has 0 aliphatic carbocycles. The number of H-pyrrole nitrogens is 1. The molecule has 1 atom stereocenters. The number of nitrogens with zero attached hydrogens (tertiary/aromatic N) is 5. The van der Waals surface area contributed by atoms with Crippen molar-refractivity contribution in [2.75, 3.05) is 13.1 Å². The van der Waals surface area contributed by atoms with Crippen LogP contribution in [-0.2, 0) is 4.79 Å². The SMILES string of the molecule is C[C@@H](N=O)C(=O)N1CCC(n2c(=O)[nH]c(=O)c3cnc4ccc(-c5ccsc5)nc4c32)CC1. The molecular formula is C22H20N6O4S. The number of carbonyl (C=O) groups excluding carboxylic acids is 1. The molecule has 0 saturated carbocycles. The third-order valence-electron chi connectivity index (χ3n) is 6.08. The zero-order chi connectivity index (χ0) is 23.1. The fourth-order valence-corrected chi connectivity index (χ4v) is 5.01. The highest BCUT2D eigenvalue weighted by Gasteiger charge is 2.29. The average molecular weight is 465 g/mol. The third kappa shape index (κ3) is 3.63. The fourth-order valence-electron chi connectivity index (χ4n) is 4.36. The topological polar surface area (TPSA) is 130 Å². The molecule has 1 fully saturated rings. The number of fused-ring (bicyclic) bond motifs is 3. The van der Waals surface area contributed by atoms with Crippen molar-refractivity contribution in [2.24, 2.45) is 5.18 Å². The molecule has 1 saturated heterocycles. The average Bonchev–Trinajstić information content (AvgIpc) is 3.38. The standard InChI is InChI=1S/C22H20N6O4S/c1-12(26-32)21(30)27-7-4-14(5-8-27)28-19-15(20(29)25-22(28)31)10-23-17-3-2-16(24-18(17)19)13-6-9-33-11-13/h2-3,6,9-12,14H,4-5,7-8H2,1H3,(H,25,29,31)/t12-/m1/s1. The van der Waals surface area contributed by atoms with Gasteiger partial charge in [-0.2, -0.15) is 11.3 Å². The molecule has 0 unspecified atom stereocenters. The number of likely N-dealkylation sites (tertiary alicyclic amines) is 1. The van der Waals surface area contributed by atoms with Crippen LogP contribution >= 0.6 is 11.3 Å². The summed E-state index contributed by atoms with van der Waals surface area (Å²) in [5.74, 6) is -0.321. The molecule has 0 bridgehead atoms. The fraction of sp³-hybridized carbons (Fsp3) is 0.318. The number of hydrogen-bond acceptors (Lipinski definition) is 8. The van der Waals surface area contributed by atoms with Crippen molar-refractivity contribution in [3.8, 4) is 11.3 Å². The van der Waals surface area contributed by atoms with Crippen molar-refractivity contribution in [2.45, 2.75) is 31.8 Å². The lowest BCUT2D eigenvalue weighted by Gasteiger charge is -2.33. The van der Waals surface area contributed by atoms with Gasteiger partial charge in [-0.1, -0.05) is 5.18 Å². The van der Waals surface area contributed by atoms with E-state index in [-0.39, 0.29) is 17.3 Å². The van der Waals surface area contributed by atoms with E-state index in [2.05, 4.69) is 15.1 Å². The van der Waals surface area contributed by atoms with Gasteiger partial charge in [-0.3, -0.25) is 24.1 Å². The van der Waals surface area contributed by atoms with E-state index in [9.17, 15) is 19.3 Å². The van der Waals surface area contributed by atoms with Crippen LogP contribution in [0, 0.1) is 4.91 Å². The maximum Gasteiger partial charge on any atom is 0.329 e. The van der Waals surface area contributed by atoms with Crippen molar-refractivity contribution in [1.29, 1.82) is 0 Å². The van der Waals surface area contributed by atoms with Crippen molar-refractivity contribution in [3.05, 3.63) is 60.9 Å². The van der Waals surface area contributed by atoms with Crippen LogP contribution in [0.4, 0.5) is 0 Å². The molecule has 1 aliphatic heterocycles. The second-order valence-electron chi connectivity index (χ2n) is 8.06. The molecule has 1 aliphatic rings. The van der Waals surface area contributed by atoms with Crippen molar-refractivity contribution in [3.63, 3.8) is 0 Å². The van der Waals surface area contributed by atoms with E-state index in [0.29, 0.717) is 42.5 Å². The van der Waals surface area contributed by atoms with Crippen LogP contribution in [-0.4, -0.2) is 49.5 Å². The number of amides is 1. The Morgan fingerprint density at radius 1 is 1.24 bits per heavy atom. The largest absolute Gasteiger partial charge is 0.341 e. The number of hydrogen-bond donors (Lipinski definition) is 1. The molecular weight excluding hydrogens is 444 g/mol. The lowest BCUT2D eigenvalue weighted by molar-refractivity contribution is -0.133. The van der Waals surface area contributed by atoms with Gasteiger partial charge in [-0.25, -0.2) is 9.78 Å². The summed E-state index contributed by atoms with van der Waals surface area (Å²) in [6.07, 6.45) is 2.45. The molecule has 4 aromatic heterocycles. The van der Waals surface area contributed by atoms with E-state index >= 15 is 0 Å². The molecule has 1 amide bonds. The van der Waals surface area contributed by atoms with Gasteiger partial charge in [0, 0.05) is 36.3 Å². The second-order valence-corrected chi connectivity index (χ2v) is 8.84. The summed E-state index contributed by atoms with van der Waals surface area (Å²) in [6.45, 7) is 2.23. The van der Waals surface area contributed by atoms with Gasteiger partial charge in [0.1, 0.15) is 5.52 Å². The lowest BCUT2D eigenvalue weighted by Crippen LogP contribution is -2.44. The van der Waals surface area contributed by atoms with Crippen molar-refractivity contribution in [1.82, 2.24) is 24.4 Å². The van der Waals surface area contributed by atoms with Crippen LogP contribution in [0.2, 0.25) is 0 Å². The van der Waals surface area contributed by atoms with Crippen LogP contribution in [0.1, 0.15) is 25.8 Å². The highest BCUT2D eigenvalue weighted by atomic mass is 32.1. The molecule has 5 rings (SSSR count). The van der Waals surface area contributed by atoms with Crippen LogP contribution in [0.25, 0.3) is 33.2 Å². The Morgan fingerprint density at radius 3 is 2.73 bits per heavy atom. The van der Waals surface area contributed by atoms with Gasteiger partial charge in [0.2, 0.25) is 0 Å². The number of thiophene rings is 1. The summed E-state index contributed by atoms with van der Waals surface area (Å²) >= 11 is 1.56. The highest BCUT2D eigenvalue weighted by Crippen LogP contribution is 2.29. The molecule has 4 aromatic rings. The van der Waals surface area contributed by atoms with E-state index in [0.717, 1.165) is 11.3 Å². The Kier molecular flexibility index (Phi) is 5.33. The maximum absolute atomic E-state index is 13.0. The second kappa shape index (κ2) is 8.32. The Morgan fingerprint density at radius 2 is 2.03 bits per heavy atom. The Hall–Kier alpha value is -3.73. The summed E-state index contributed by atoms with van der Waals surface area (Å²) in [6, 6.07) is 4.47. The van der Waals surface area contributed by atoms with E-state index in [1.807, 2.05) is 29.0 Å². The molecule has 5 heterocycles. The number of pyridine rings is 2. The van der Waals surface area contributed by atoms with Gasteiger partial charge in [-0.15, -0.1) is 4.91 Å². The number of aromatic nitrogens is 4. The zero-order valence-corrected chi connectivity index (χ0v) is 18.5. The minimum absolute atomic E-state index is 0.252. The smallest absolute Gasteiger partial charge is 0.329 e. The van der Waals surface area contributed by atoms with Gasteiger partial charge >= 0.3 is 5.69 Å². The first-order valence-electron chi connectivity index (χ1n) is 10.6. The first kappa shape index (κ1) is 21.1. The van der Waals surface area contributed by atoms with Crippen molar-refractivity contribution < 1.29 is 4.79 Å². The molecule has 0 spiro atoms. The number of aromatic amines is 1. The van der Waals surface area contributed by atoms with Gasteiger partial charge in [0.15, 0.2) is 6.04 Å². The predicted molar refractivity (Wildman–Crippen MR) is 125 cm³/mol. The van der Waals surface area contributed by atoms with Gasteiger partial charge in [-0.05, 0) is 43.3 Å². The van der Waals surface area contributed by atoms with E-state index < -0.39 is 17.3 Å². The van der Waals surface area contributed by atoms with Gasteiger partial charge < -0.3 is 4.90 Å².